The Labute approximate surface area is 164 Å². The van der Waals surface area contributed by atoms with Crippen LogP contribution in [-0.4, -0.2) is 42.6 Å². The molecule has 1 aromatic carbocycles. The molecule has 2 heterocycles. The van der Waals surface area contributed by atoms with Gasteiger partial charge in [0.25, 0.3) is 11.8 Å². The molecule has 0 aliphatic carbocycles. The Morgan fingerprint density at radius 1 is 1.46 bits per heavy atom. The van der Waals surface area contributed by atoms with Gasteiger partial charge < -0.3 is 19.5 Å². The molecule has 0 saturated heterocycles. The minimum absolute atomic E-state index is 0.0358. The molecule has 9 nitrogen and oxygen atoms in total. The first-order chi connectivity index (χ1) is 13.5. The van der Waals surface area contributed by atoms with Crippen LogP contribution in [0.3, 0.4) is 0 Å². The van der Waals surface area contributed by atoms with Crippen LogP contribution >= 0.6 is 11.3 Å². The molecule has 0 atom stereocenters. The van der Waals surface area contributed by atoms with Gasteiger partial charge in [0.05, 0.1) is 11.4 Å². The molecule has 2 aromatic rings. The number of amides is 2. The average molecular weight is 403 g/mol. The summed E-state index contributed by atoms with van der Waals surface area (Å²) in [4.78, 5) is 39.8. The second-order valence-electron chi connectivity index (χ2n) is 5.65. The van der Waals surface area contributed by atoms with Crippen molar-refractivity contribution >= 4 is 39.9 Å². The maximum absolute atomic E-state index is 12.1. The van der Waals surface area contributed by atoms with E-state index in [1.54, 1.807) is 25.1 Å². The molecular weight excluding hydrogens is 386 g/mol. The number of nitrogens with one attached hydrogen (secondary N) is 2. The van der Waals surface area contributed by atoms with Gasteiger partial charge in [0.1, 0.15) is 23.0 Å². The van der Waals surface area contributed by atoms with Crippen molar-refractivity contribution in [1.29, 1.82) is 0 Å². The van der Waals surface area contributed by atoms with Crippen LogP contribution in [0.4, 0.5) is 10.8 Å². The van der Waals surface area contributed by atoms with E-state index in [1.165, 1.54) is 6.08 Å². The predicted octanol–water partition coefficient (Wildman–Crippen LogP) is 2.14. The first-order valence-electron chi connectivity index (χ1n) is 8.21. The lowest BCUT2D eigenvalue weighted by Gasteiger charge is -2.18. The van der Waals surface area contributed by atoms with Gasteiger partial charge in [0.2, 0.25) is 0 Å². The molecule has 1 aliphatic heterocycles. The summed E-state index contributed by atoms with van der Waals surface area (Å²) in [7, 11) is 0. The van der Waals surface area contributed by atoms with Crippen molar-refractivity contribution in [3.8, 4) is 11.5 Å². The van der Waals surface area contributed by atoms with Crippen molar-refractivity contribution < 1.29 is 28.6 Å². The van der Waals surface area contributed by atoms with E-state index in [0.29, 0.717) is 27.8 Å². The van der Waals surface area contributed by atoms with E-state index in [2.05, 4.69) is 22.2 Å². The second-order valence-corrected chi connectivity index (χ2v) is 6.65. The molecule has 10 heteroatoms. The first kappa shape index (κ1) is 19.4. The van der Waals surface area contributed by atoms with Crippen LogP contribution in [-0.2, 0) is 14.3 Å². The molecule has 2 N–H and O–H groups in total. The number of nitrogens with zero attached hydrogens (tertiary/aromatic N) is 1. The molecular formula is C18H17N3O6S. The molecule has 28 heavy (non-hydrogen) atoms. The molecule has 2 amide bonds. The molecule has 0 fully saturated rings. The fourth-order valence-corrected chi connectivity index (χ4v) is 3.17. The first-order valence-corrected chi connectivity index (χ1v) is 9.02. The van der Waals surface area contributed by atoms with E-state index >= 15 is 0 Å². The number of fused-ring (bicyclic) bond motifs is 1. The topological polar surface area (TPSA) is 116 Å². The van der Waals surface area contributed by atoms with Crippen LogP contribution in [0, 0.1) is 6.92 Å². The van der Waals surface area contributed by atoms with Crippen LogP contribution in [0.1, 0.15) is 15.4 Å². The number of aryl methyl sites for hydroxylation is 1. The number of hydrogen-bond acceptors (Lipinski definition) is 8. The average Bonchev–Trinajstić information content (AvgIpc) is 3.04. The van der Waals surface area contributed by atoms with Crippen molar-refractivity contribution in [2.45, 2.75) is 6.92 Å². The second kappa shape index (κ2) is 8.53. The molecule has 1 aromatic heterocycles. The summed E-state index contributed by atoms with van der Waals surface area (Å²) in [6.45, 7) is 4.91. The Bertz CT molecular complexity index is 939. The maximum Gasteiger partial charge on any atom is 0.350 e. The van der Waals surface area contributed by atoms with Crippen LogP contribution in [0.2, 0.25) is 0 Å². The smallest absolute Gasteiger partial charge is 0.350 e. The van der Waals surface area contributed by atoms with Gasteiger partial charge in [-0.3, -0.25) is 14.9 Å². The number of hydrogen-bond donors (Lipinski definition) is 2. The number of anilines is 2. The highest BCUT2D eigenvalue weighted by Gasteiger charge is 2.19. The third-order valence-corrected chi connectivity index (χ3v) is 4.57. The summed E-state index contributed by atoms with van der Waals surface area (Å²) in [5.74, 6) is -0.305. The summed E-state index contributed by atoms with van der Waals surface area (Å²) < 4.78 is 15.7. The predicted molar refractivity (Wildman–Crippen MR) is 102 cm³/mol. The number of thiazole rings is 1. The van der Waals surface area contributed by atoms with E-state index in [4.69, 9.17) is 14.2 Å². The van der Waals surface area contributed by atoms with E-state index in [0.717, 1.165) is 11.3 Å². The van der Waals surface area contributed by atoms with Crippen LogP contribution in [0.15, 0.2) is 30.9 Å². The van der Waals surface area contributed by atoms with Crippen molar-refractivity contribution in [1.82, 2.24) is 4.98 Å². The largest absolute Gasteiger partial charge is 0.484 e. The molecule has 146 valence electrons. The van der Waals surface area contributed by atoms with Crippen LogP contribution < -0.4 is 20.1 Å². The standard InChI is InChI=1S/C18H17N3O6S/c1-3-6-25-17(24)16-10(2)19-18(28-16)21-15(23)8-26-11-4-5-13-12(7-11)20-14(22)9-27-13/h3-5,7H,1,6,8-9H2,2H3,(H,20,22)(H,19,21,23). The zero-order valence-corrected chi connectivity index (χ0v) is 15.8. The number of carbonyl (C=O) groups is 3. The Hall–Kier alpha value is -3.40. The van der Waals surface area contributed by atoms with Crippen LogP contribution in [0.25, 0.3) is 0 Å². The molecule has 0 spiro atoms. The fraction of sp³-hybridized carbons (Fsp3) is 0.222. The number of carbonyl (C=O) groups excluding carboxylic acids is 3. The van der Waals surface area contributed by atoms with Gasteiger partial charge in [-0.1, -0.05) is 24.0 Å². The third kappa shape index (κ3) is 4.65. The Morgan fingerprint density at radius 2 is 2.29 bits per heavy atom. The van der Waals surface area contributed by atoms with Gasteiger partial charge in [-0.25, -0.2) is 9.78 Å². The van der Waals surface area contributed by atoms with Crippen LogP contribution in [0.5, 0.6) is 11.5 Å². The highest BCUT2D eigenvalue weighted by molar-refractivity contribution is 7.17. The minimum atomic E-state index is -0.523. The van der Waals surface area contributed by atoms with Gasteiger partial charge in [-0.2, -0.15) is 0 Å². The van der Waals surface area contributed by atoms with Gasteiger partial charge in [0, 0.05) is 6.07 Å². The summed E-state index contributed by atoms with van der Waals surface area (Å²) >= 11 is 1.02. The minimum Gasteiger partial charge on any atom is -0.484 e. The fourth-order valence-electron chi connectivity index (χ4n) is 2.30. The highest BCUT2D eigenvalue weighted by Crippen LogP contribution is 2.31. The lowest BCUT2D eigenvalue weighted by Crippen LogP contribution is -2.25. The lowest BCUT2D eigenvalue weighted by molar-refractivity contribution is -0.119. The molecule has 0 saturated carbocycles. The number of ether oxygens (including phenoxy) is 3. The van der Waals surface area contributed by atoms with Crippen molar-refractivity contribution in [3.05, 3.63) is 41.4 Å². The number of aromatic nitrogens is 1. The zero-order valence-electron chi connectivity index (χ0n) is 14.9. The highest BCUT2D eigenvalue weighted by atomic mass is 32.1. The molecule has 0 unspecified atom stereocenters. The zero-order chi connectivity index (χ0) is 20.1. The Balaban J connectivity index is 1.56. The van der Waals surface area contributed by atoms with E-state index in [9.17, 15) is 14.4 Å². The van der Waals surface area contributed by atoms with E-state index in [1.807, 2.05) is 0 Å². The van der Waals surface area contributed by atoms with Gasteiger partial charge in [-0.05, 0) is 19.1 Å². The van der Waals surface area contributed by atoms with Gasteiger partial charge in [0.15, 0.2) is 18.3 Å². The third-order valence-electron chi connectivity index (χ3n) is 3.51. The summed E-state index contributed by atoms with van der Waals surface area (Å²) in [5.41, 5.74) is 0.938. The lowest BCUT2D eigenvalue weighted by atomic mass is 10.2. The molecule has 3 rings (SSSR count). The quantitative estimate of drug-likeness (QED) is 0.537. The van der Waals surface area contributed by atoms with Crippen molar-refractivity contribution in [3.63, 3.8) is 0 Å². The van der Waals surface area contributed by atoms with Gasteiger partial charge >= 0.3 is 5.97 Å². The Morgan fingerprint density at radius 3 is 3.07 bits per heavy atom. The summed E-state index contributed by atoms with van der Waals surface area (Å²) in [5, 5.41) is 5.50. The molecule has 0 radical (unpaired) electrons. The SMILES string of the molecule is C=CCOC(=O)c1sc(NC(=O)COc2ccc3c(c2)NC(=O)CO3)nc1C. The normalized spacial score (nSPS) is 12.2. The van der Waals surface area contributed by atoms with Gasteiger partial charge in [-0.15, -0.1) is 0 Å². The summed E-state index contributed by atoms with van der Waals surface area (Å²) in [6, 6.07) is 4.85. The molecule has 1 aliphatic rings. The maximum atomic E-state index is 12.1. The number of esters is 1. The van der Waals surface area contributed by atoms with Crippen molar-refractivity contribution in [2.75, 3.05) is 30.5 Å². The van der Waals surface area contributed by atoms with E-state index in [-0.39, 0.29) is 30.9 Å². The Kier molecular flexibility index (Phi) is 5.90. The monoisotopic (exact) mass is 403 g/mol. The van der Waals surface area contributed by atoms with E-state index < -0.39 is 11.9 Å². The van der Waals surface area contributed by atoms with Crippen molar-refractivity contribution in [2.24, 2.45) is 0 Å². The summed E-state index contributed by atoms with van der Waals surface area (Å²) in [6.07, 6.45) is 1.46. The molecule has 0 bridgehead atoms. The number of rotatable bonds is 7. The number of benzene rings is 1.